The number of hydrogen-bond donors (Lipinski definition) is 2. The zero-order valence-electron chi connectivity index (χ0n) is 19.8. The number of carbonyl (C=O) groups is 2. The molecule has 0 fully saturated rings. The van der Waals surface area contributed by atoms with Gasteiger partial charge in [-0.2, -0.15) is 0 Å². The quantitative estimate of drug-likeness (QED) is 0.271. The number of rotatable bonds is 7. The van der Waals surface area contributed by atoms with Crippen LogP contribution in [-0.4, -0.2) is 22.0 Å². The van der Waals surface area contributed by atoms with Gasteiger partial charge in [0.15, 0.2) is 5.13 Å². The third-order valence-corrected chi connectivity index (χ3v) is 5.97. The minimum atomic E-state index is -1.32. The Bertz CT molecular complexity index is 1380. The summed E-state index contributed by atoms with van der Waals surface area (Å²) >= 11 is 1.02. The first-order valence-electron chi connectivity index (χ1n) is 11.1. The topological polar surface area (TPSA) is 79.3 Å². The van der Waals surface area contributed by atoms with Crippen molar-refractivity contribution in [3.05, 3.63) is 75.4 Å². The lowest BCUT2D eigenvalue weighted by molar-refractivity contribution is -0.132. The number of carbonyl (C=O) groups excluding carboxylic acids is 1. The summed E-state index contributed by atoms with van der Waals surface area (Å²) in [6.45, 7) is 5.23. The van der Waals surface area contributed by atoms with E-state index in [2.05, 4.69) is 29.1 Å². The van der Waals surface area contributed by atoms with Crippen LogP contribution in [0.25, 0.3) is 17.3 Å². The lowest BCUT2D eigenvalue weighted by atomic mass is 10.0. The maximum Gasteiger partial charge on any atom is 0.331 e. The van der Waals surface area contributed by atoms with Gasteiger partial charge in [-0.05, 0) is 43.7 Å². The lowest BCUT2D eigenvalue weighted by Gasteiger charge is -2.06. The van der Waals surface area contributed by atoms with Crippen molar-refractivity contribution in [1.29, 1.82) is 0 Å². The van der Waals surface area contributed by atoms with Crippen molar-refractivity contribution >= 4 is 34.4 Å². The van der Waals surface area contributed by atoms with E-state index in [-0.39, 0.29) is 39.0 Å². The van der Waals surface area contributed by atoms with Gasteiger partial charge in [-0.3, -0.25) is 10.1 Å². The van der Waals surface area contributed by atoms with Crippen LogP contribution >= 0.6 is 11.3 Å². The molecule has 2 N–H and O–H groups in total. The van der Waals surface area contributed by atoms with E-state index < -0.39 is 34.9 Å². The van der Waals surface area contributed by atoms with Crippen molar-refractivity contribution in [2.24, 2.45) is 5.92 Å². The van der Waals surface area contributed by atoms with Crippen LogP contribution in [0.2, 0.25) is 0 Å². The van der Waals surface area contributed by atoms with Crippen LogP contribution in [0.4, 0.5) is 18.3 Å². The number of nitrogens with zero attached hydrogens (tertiary/aromatic N) is 1. The fourth-order valence-corrected chi connectivity index (χ4v) is 3.99. The predicted octanol–water partition coefficient (Wildman–Crippen LogP) is 6.76. The van der Waals surface area contributed by atoms with E-state index in [9.17, 15) is 18.4 Å². The second-order valence-electron chi connectivity index (χ2n) is 8.10. The molecule has 0 aliphatic carbocycles. The predicted molar refractivity (Wildman–Crippen MR) is 134 cm³/mol. The van der Waals surface area contributed by atoms with Crippen LogP contribution in [0.15, 0.2) is 41.3 Å². The van der Waals surface area contributed by atoms with Crippen molar-refractivity contribution in [2.45, 2.75) is 33.6 Å². The fraction of sp³-hybridized carbons (Fsp3) is 0.222. The second-order valence-corrected chi connectivity index (χ2v) is 8.96. The first-order chi connectivity index (χ1) is 17.1. The number of thiazole rings is 1. The van der Waals surface area contributed by atoms with E-state index >= 15 is 4.39 Å². The van der Waals surface area contributed by atoms with E-state index in [0.717, 1.165) is 42.4 Å². The number of carboxylic acids is 1. The van der Waals surface area contributed by atoms with Crippen molar-refractivity contribution in [3.63, 3.8) is 0 Å². The Morgan fingerprint density at radius 3 is 2.56 bits per heavy atom. The Balaban J connectivity index is 1.81. The molecule has 1 heterocycles. The van der Waals surface area contributed by atoms with Crippen molar-refractivity contribution in [2.75, 3.05) is 5.32 Å². The third kappa shape index (κ3) is 6.40. The maximum absolute atomic E-state index is 15.0. The van der Waals surface area contributed by atoms with Crippen LogP contribution in [0.5, 0.6) is 0 Å². The van der Waals surface area contributed by atoms with E-state index in [1.807, 2.05) is 6.92 Å². The minimum Gasteiger partial charge on any atom is -0.478 e. The largest absolute Gasteiger partial charge is 0.478 e. The molecule has 186 valence electrons. The SMILES string of the molecule is CCCC(C)C#Cc1cccc(-c2csc(NC(=O)c3cc(F)c(C=C(C)C(=O)O)c(F)c3)n2)c1F. The lowest BCUT2D eigenvalue weighted by Crippen LogP contribution is -2.13. The molecule has 0 radical (unpaired) electrons. The minimum absolute atomic E-state index is 0.106. The average Bonchev–Trinajstić information content (AvgIpc) is 3.28. The molecule has 3 rings (SSSR count). The Hall–Kier alpha value is -3.90. The number of aliphatic carboxylic acids is 1. The standard InChI is InChI=1S/C27H23F3N2O3S/c1-4-6-15(2)9-10-17-7-5-8-19(24(17)30)23-14-36-27(31-23)32-25(33)18-12-21(28)20(22(29)13-18)11-16(3)26(34)35/h5,7-8,11-15H,4,6H2,1-3H3,(H,34,35)(H,31,32,33). The normalized spacial score (nSPS) is 12.0. The molecule has 5 nitrogen and oxygen atoms in total. The average molecular weight is 513 g/mol. The van der Waals surface area contributed by atoms with Crippen molar-refractivity contribution in [3.8, 4) is 23.1 Å². The molecule has 9 heteroatoms. The number of aromatic nitrogens is 1. The van der Waals surface area contributed by atoms with E-state index in [1.165, 1.54) is 6.92 Å². The van der Waals surface area contributed by atoms with Crippen LogP contribution in [-0.2, 0) is 4.79 Å². The summed E-state index contributed by atoms with van der Waals surface area (Å²) in [5.41, 5.74) is -0.420. The Morgan fingerprint density at radius 1 is 1.22 bits per heavy atom. The second kappa shape index (κ2) is 11.7. The Labute approximate surface area is 210 Å². The third-order valence-electron chi connectivity index (χ3n) is 5.21. The number of nitrogens with one attached hydrogen (secondary N) is 1. The highest BCUT2D eigenvalue weighted by atomic mass is 32.1. The number of benzene rings is 2. The molecular weight excluding hydrogens is 489 g/mol. The van der Waals surface area contributed by atoms with Gasteiger partial charge in [0.05, 0.1) is 11.3 Å². The first kappa shape index (κ1) is 26.7. The molecule has 0 aliphatic heterocycles. The number of hydrogen-bond acceptors (Lipinski definition) is 4. The molecule has 3 aromatic rings. The van der Waals surface area contributed by atoms with Gasteiger partial charge in [-0.25, -0.2) is 22.9 Å². The van der Waals surface area contributed by atoms with Gasteiger partial charge in [0.1, 0.15) is 17.5 Å². The molecule has 1 atom stereocenters. The molecule has 1 amide bonds. The van der Waals surface area contributed by atoms with Gasteiger partial charge in [-0.15, -0.1) is 11.3 Å². The molecule has 2 aromatic carbocycles. The molecule has 0 saturated heterocycles. The van der Waals surface area contributed by atoms with Crippen LogP contribution in [0, 0.1) is 35.2 Å². The smallest absolute Gasteiger partial charge is 0.331 e. The molecule has 36 heavy (non-hydrogen) atoms. The van der Waals surface area contributed by atoms with Gasteiger partial charge in [0.25, 0.3) is 5.91 Å². The van der Waals surface area contributed by atoms with Gasteiger partial charge in [-0.1, -0.05) is 38.2 Å². The molecule has 0 saturated carbocycles. The number of anilines is 1. The summed E-state index contributed by atoms with van der Waals surface area (Å²) in [7, 11) is 0. The number of carboxylic acid groups (broad SMARTS) is 1. The number of halogens is 3. The zero-order chi connectivity index (χ0) is 26.4. The summed E-state index contributed by atoms with van der Waals surface area (Å²) < 4.78 is 43.8. The molecule has 0 spiro atoms. The van der Waals surface area contributed by atoms with Gasteiger partial charge < -0.3 is 5.11 Å². The van der Waals surface area contributed by atoms with Gasteiger partial charge >= 0.3 is 5.97 Å². The maximum atomic E-state index is 15.0. The van der Waals surface area contributed by atoms with Crippen LogP contribution < -0.4 is 5.32 Å². The highest BCUT2D eigenvalue weighted by Crippen LogP contribution is 2.29. The van der Waals surface area contributed by atoms with Crippen molar-refractivity contribution in [1.82, 2.24) is 4.98 Å². The summed E-state index contributed by atoms with van der Waals surface area (Å²) in [5.74, 6) is 1.19. The molecule has 1 aromatic heterocycles. The first-order valence-corrected chi connectivity index (χ1v) is 12.0. The van der Waals surface area contributed by atoms with E-state index in [4.69, 9.17) is 5.11 Å². The zero-order valence-corrected chi connectivity index (χ0v) is 20.6. The molecule has 0 bridgehead atoms. The van der Waals surface area contributed by atoms with Crippen LogP contribution in [0.1, 0.15) is 55.1 Å². The van der Waals surface area contributed by atoms with Gasteiger partial charge in [0, 0.05) is 33.6 Å². The summed E-state index contributed by atoms with van der Waals surface area (Å²) in [6.07, 6.45) is 2.74. The summed E-state index contributed by atoms with van der Waals surface area (Å²) in [4.78, 5) is 27.7. The van der Waals surface area contributed by atoms with Gasteiger partial charge in [0.2, 0.25) is 0 Å². The van der Waals surface area contributed by atoms with Crippen molar-refractivity contribution < 1.29 is 27.9 Å². The Kier molecular flexibility index (Phi) is 8.67. The monoisotopic (exact) mass is 512 g/mol. The Morgan fingerprint density at radius 2 is 1.92 bits per heavy atom. The van der Waals surface area contributed by atoms with E-state index in [0.29, 0.717) is 0 Å². The summed E-state index contributed by atoms with van der Waals surface area (Å²) in [6, 6.07) is 6.40. The van der Waals surface area contributed by atoms with Crippen LogP contribution in [0.3, 0.4) is 0 Å². The molecular formula is C27H23F3N2O3S. The molecule has 0 aliphatic rings. The van der Waals surface area contributed by atoms with E-state index in [1.54, 1.807) is 23.6 Å². The summed E-state index contributed by atoms with van der Waals surface area (Å²) in [5, 5.41) is 13.0. The fourth-order valence-electron chi connectivity index (χ4n) is 3.29. The highest BCUT2D eigenvalue weighted by Gasteiger charge is 2.18. The highest BCUT2D eigenvalue weighted by molar-refractivity contribution is 7.14. The molecule has 1 unspecified atom stereocenters. The number of amides is 1.